The molecule has 0 amide bonds. The van der Waals surface area contributed by atoms with E-state index < -0.39 is 6.10 Å². The van der Waals surface area contributed by atoms with Crippen molar-refractivity contribution in [1.29, 1.82) is 0 Å². The van der Waals surface area contributed by atoms with Gasteiger partial charge in [0.2, 0.25) is 0 Å². The predicted octanol–water partition coefficient (Wildman–Crippen LogP) is 3.69. The van der Waals surface area contributed by atoms with Crippen LogP contribution in [0.1, 0.15) is 31.9 Å². The highest BCUT2D eigenvalue weighted by atomic mass is 16.5. The van der Waals surface area contributed by atoms with Gasteiger partial charge in [-0.2, -0.15) is 0 Å². The lowest BCUT2D eigenvalue weighted by Crippen LogP contribution is -2.13. The van der Waals surface area contributed by atoms with E-state index in [4.69, 9.17) is 4.74 Å². The van der Waals surface area contributed by atoms with Crippen molar-refractivity contribution < 1.29 is 9.84 Å². The topological polar surface area (TPSA) is 29.5 Å². The zero-order chi connectivity index (χ0) is 13.0. The second-order valence-corrected chi connectivity index (χ2v) is 4.67. The van der Waals surface area contributed by atoms with Crippen LogP contribution in [0.4, 0.5) is 0 Å². The summed E-state index contributed by atoms with van der Waals surface area (Å²) in [6.07, 6.45) is 0.605. The largest absolute Gasteiger partial charge is 0.386 e. The Balaban J connectivity index is 2.10. The Kier molecular flexibility index (Phi) is 4.34. The highest BCUT2D eigenvalue weighted by Crippen LogP contribution is 2.21. The second kappa shape index (κ2) is 5.98. The maximum Gasteiger partial charge on any atom is 0.102 e. The minimum atomic E-state index is -0.552. The van der Waals surface area contributed by atoms with E-state index in [1.165, 1.54) is 5.39 Å². The van der Waals surface area contributed by atoms with E-state index in [0.29, 0.717) is 6.61 Å². The molecule has 2 aromatic carbocycles. The van der Waals surface area contributed by atoms with Gasteiger partial charge in [0, 0.05) is 0 Å². The van der Waals surface area contributed by atoms with Gasteiger partial charge in [0.25, 0.3) is 0 Å². The van der Waals surface area contributed by atoms with Gasteiger partial charge in [-0.3, -0.25) is 0 Å². The van der Waals surface area contributed by atoms with Crippen LogP contribution in [-0.2, 0) is 4.74 Å². The van der Waals surface area contributed by atoms with Gasteiger partial charge in [-0.1, -0.05) is 43.3 Å². The zero-order valence-corrected chi connectivity index (χ0v) is 11.0. The van der Waals surface area contributed by atoms with Crippen LogP contribution >= 0.6 is 0 Å². The minimum Gasteiger partial charge on any atom is -0.386 e. The summed E-state index contributed by atoms with van der Waals surface area (Å²) in [4.78, 5) is 0. The summed E-state index contributed by atoms with van der Waals surface area (Å²) in [6.45, 7) is 4.45. The van der Waals surface area contributed by atoms with Crippen LogP contribution in [0.25, 0.3) is 10.8 Å². The quantitative estimate of drug-likeness (QED) is 0.869. The third-order valence-corrected chi connectivity index (χ3v) is 3.27. The Morgan fingerprint density at radius 2 is 1.83 bits per heavy atom. The van der Waals surface area contributed by atoms with Crippen molar-refractivity contribution >= 4 is 10.8 Å². The van der Waals surface area contributed by atoms with Crippen LogP contribution < -0.4 is 0 Å². The number of ether oxygens (including phenoxy) is 1. The van der Waals surface area contributed by atoms with Gasteiger partial charge in [-0.15, -0.1) is 0 Å². The molecule has 2 rings (SSSR count). The Morgan fingerprint density at radius 3 is 2.56 bits per heavy atom. The van der Waals surface area contributed by atoms with E-state index >= 15 is 0 Å². The van der Waals surface area contributed by atoms with Crippen molar-refractivity contribution in [3.63, 3.8) is 0 Å². The van der Waals surface area contributed by atoms with Crippen LogP contribution in [0.2, 0.25) is 0 Å². The summed E-state index contributed by atoms with van der Waals surface area (Å²) in [5, 5.41) is 12.4. The van der Waals surface area contributed by atoms with Crippen LogP contribution in [0.5, 0.6) is 0 Å². The predicted molar refractivity (Wildman–Crippen MR) is 74.6 cm³/mol. The summed E-state index contributed by atoms with van der Waals surface area (Å²) in [5.41, 5.74) is 0.914. The van der Waals surface area contributed by atoms with Gasteiger partial charge < -0.3 is 9.84 Å². The minimum absolute atomic E-state index is 0.195. The number of aliphatic hydroxyl groups excluding tert-OH is 1. The molecule has 0 aliphatic carbocycles. The van der Waals surface area contributed by atoms with Gasteiger partial charge >= 0.3 is 0 Å². The van der Waals surface area contributed by atoms with Crippen molar-refractivity contribution in [2.24, 2.45) is 0 Å². The van der Waals surface area contributed by atoms with Gasteiger partial charge in [0.05, 0.1) is 12.7 Å². The SMILES string of the molecule is CCC(C)OCC(O)c1ccc2ccccc2c1. The summed E-state index contributed by atoms with van der Waals surface area (Å²) < 4.78 is 5.57. The molecule has 0 fully saturated rings. The number of fused-ring (bicyclic) bond motifs is 1. The molecule has 0 radical (unpaired) electrons. The fourth-order valence-electron chi connectivity index (χ4n) is 1.88. The monoisotopic (exact) mass is 244 g/mol. The third kappa shape index (κ3) is 3.09. The van der Waals surface area contributed by atoms with Gasteiger partial charge in [0.15, 0.2) is 0 Å². The van der Waals surface area contributed by atoms with E-state index in [0.717, 1.165) is 17.4 Å². The van der Waals surface area contributed by atoms with E-state index in [1.54, 1.807) is 0 Å². The van der Waals surface area contributed by atoms with E-state index in [-0.39, 0.29) is 6.10 Å². The highest BCUT2D eigenvalue weighted by Gasteiger charge is 2.10. The number of benzene rings is 2. The molecule has 96 valence electrons. The van der Waals surface area contributed by atoms with E-state index in [9.17, 15) is 5.11 Å². The summed E-state index contributed by atoms with van der Waals surface area (Å²) >= 11 is 0. The number of aliphatic hydroxyl groups is 1. The highest BCUT2D eigenvalue weighted by molar-refractivity contribution is 5.83. The Morgan fingerprint density at radius 1 is 1.11 bits per heavy atom. The van der Waals surface area contributed by atoms with Crippen LogP contribution in [0.3, 0.4) is 0 Å². The average Bonchev–Trinajstić information content (AvgIpc) is 2.43. The first-order chi connectivity index (χ1) is 8.70. The lowest BCUT2D eigenvalue weighted by Gasteiger charge is -2.15. The third-order valence-electron chi connectivity index (χ3n) is 3.27. The Bertz CT molecular complexity index is 507. The van der Waals surface area contributed by atoms with E-state index in [2.05, 4.69) is 19.1 Å². The van der Waals surface area contributed by atoms with Crippen LogP contribution in [-0.4, -0.2) is 17.8 Å². The normalized spacial score (nSPS) is 14.6. The molecule has 2 unspecified atom stereocenters. The molecule has 2 nitrogen and oxygen atoms in total. The molecule has 0 saturated heterocycles. The molecule has 0 aliphatic heterocycles. The Hall–Kier alpha value is -1.38. The molecule has 0 saturated carbocycles. The molecule has 0 aliphatic rings. The molecular weight excluding hydrogens is 224 g/mol. The summed E-state index contributed by atoms with van der Waals surface area (Å²) in [6, 6.07) is 14.2. The first-order valence-electron chi connectivity index (χ1n) is 6.49. The molecule has 18 heavy (non-hydrogen) atoms. The maximum absolute atomic E-state index is 10.1. The van der Waals surface area contributed by atoms with Crippen molar-refractivity contribution in [2.45, 2.75) is 32.5 Å². The van der Waals surface area contributed by atoms with Gasteiger partial charge in [0.1, 0.15) is 6.10 Å². The first kappa shape index (κ1) is 13.1. The lowest BCUT2D eigenvalue weighted by molar-refractivity contribution is -0.00370. The van der Waals surface area contributed by atoms with Crippen molar-refractivity contribution in [3.8, 4) is 0 Å². The standard InChI is InChI=1S/C16H20O2/c1-3-12(2)18-11-16(17)15-9-8-13-6-4-5-7-14(13)10-15/h4-10,12,16-17H,3,11H2,1-2H3. The molecule has 1 N–H and O–H groups in total. The molecule has 0 aromatic heterocycles. The molecule has 0 bridgehead atoms. The number of rotatable bonds is 5. The van der Waals surface area contributed by atoms with Gasteiger partial charge in [-0.05, 0) is 35.7 Å². The smallest absolute Gasteiger partial charge is 0.102 e. The lowest BCUT2D eigenvalue weighted by atomic mass is 10.0. The number of hydrogen-bond donors (Lipinski definition) is 1. The van der Waals surface area contributed by atoms with Crippen molar-refractivity contribution in [3.05, 3.63) is 48.0 Å². The summed E-state index contributed by atoms with van der Waals surface area (Å²) in [7, 11) is 0. The molecule has 2 aromatic rings. The van der Waals surface area contributed by atoms with Crippen molar-refractivity contribution in [1.82, 2.24) is 0 Å². The zero-order valence-electron chi connectivity index (χ0n) is 11.0. The molecule has 0 spiro atoms. The molecular formula is C16H20O2. The average molecular weight is 244 g/mol. The molecule has 0 heterocycles. The summed E-state index contributed by atoms with van der Waals surface area (Å²) in [5.74, 6) is 0. The number of hydrogen-bond acceptors (Lipinski definition) is 2. The fourth-order valence-corrected chi connectivity index (χ4v) is 1.88. The first-order valence-corrected chi connectivity index (χ1v) is 6.49. The molecule has 2 atom stereocenters. The van der Waals surface area contributed by atoms with Crippen molar-refractivity contribution in [2.75, 3.05) is 6.61 Å². The van der Waals surface area contributed by atoms with Gasteiger partial charge in [-0.25, -0.2) is 0 Å². The second-order valence-electron chi connectivity index (χ2n) is 4.67. The fraction of sp³-hybridized carbons (Fsp3) is 0.375. The van der Waals surface area contributed by atoms with Crippen LogP contribution in [0.15, 0.2) is 42.5 Å². The van der Waals surface area contributed by atoms with E-state index in [1.807, 2.05) is 37.3 Å². The van der Waals surface area contributed by atoms with Crippen LogP contribution in [0, 0.1) is 0 Å². The molecule has 2 heteroatoms. The maximum atomic E-state index is 10.1. The Labute approximate surface area is 108 Å².